The Balaban J connectivity index is 2.09. The van der Waals surface area contributed by atoms with E-state index in [9.17, 15) is 4.79 Å². The van der Waals surface area contributed by atoms with E-state index in [1.165, 1.54) is 11.3 Å². The maximum Gasteiger partial charge on any atom is 0.328 e. The van der Waals surface area contributed by atoms with Crippen LogP contribution in [-0.2, 0) is 10.5 Å². The van der Waals surface area contributed by atoms with Gasteiger partial charge in [-0.2, -0.15) is 0 Å². The summed E-state index contributed by atoms with van der Waals surface area (Å²) in [5, 5.41) is 16.4. The van der Waals surface area contributed by atoms with Crippen molar-refractivity contribution in [1.29, 1.82) is 0 Å². The zero-order chi connectivity index (χ0) is 12.8. The molecule has 6 heteroatoms. The molecule has 0 bridgehead atoms. The van der Waals surface area contributed by atoms with E-state index in [-0.39, 0.29) is 0 Å². The van der Waals surface area contributed by atoms with Crippen LogP contribution in [0.25, 0.3) is 6.08 Å². The van der Waals surface area contributed by atoms with E-state index < -0.39 is 5.97 Å². The summed E-state index contributed by atoms with van der Waals surface area (Å²) >= 11 is 3.09. The Morgan fingerprint density at radius 1 is 1.44 bits per heavy atom. The number of carboxylic acid groups (broad SMARTS) is 1. The molecule has 2 aromatic rings. The smallest absolute Gasteiger partial charge is 0.328 e. The van der Waals surface area contributed by atoms with Crippen LogP contribution in [0.3, 0.4) is 0 Å². The number of nitrogens with zero attached hydrogens (tertiary/aromatic N) is 2. The van der Waals surface area contributed by atoms with Crippen LogP contribution in [0, 0.1) is 0 Å². The number of carbonyl (C=O) groups is 1. The van der Waals surface area contributed by atoms with E-state index in [2.05, 4.69) is 10.2 Å². The summed E-state index contributed by atoms with van der Waals surface area (Å²) in [5.41, 5.74) is 3.69. The normalized spacial score (nSPS) is 10.9. The van der Waals surface area contributed by atoms with Crippen LogP contribution in [-0.4, -0.2) is 21.3 Å². The summed E-state index contributed by atoms with van der Waals surface area (Å²) < 4.78 is 0.909. The van der Waals surface area contributed by atoms with Crippen molar-refractivity contribution in [2.24, 2.45) is 0 Å². The molecule has 0 radical (unpaired) electrons. The standard InChI is InChI=1S/C12H10N2O2S2/c15-11(16)6-5-9-3-1-2-4-10(9)7-17-12-14-13-8-18-12/h1-6,8H,7H2,(H,15,16)/b6-5+. The lowest BCUT2D eigenvalue weighted by Gasteiger charge is -2.03. The summed E-state index contributed by atoms with van der Waals surface area (Å²) in [6, 6.07) is 7.71. The Bertz CT molecular complexity index is 553. The molecule has 1 aromatic heterocycles. The van der Waals surface area contributed by atoms with Crippen molar-refractivity contribution in [2.45, 2.75) is 10.1 Å². The van der Waals surface area contributed by atoms with Gasteiger partial charge < -0.3 is 5.11 Å². The number of aliphatic carboxylic acids is 1. The lowest BCUT2D eigenvalue weighted by atomic mass is 10.1. The zero-order valence-corrected chi connectivity index (χ0v) is 10.9. The third-order valence-electron chi connectivity index (χ3n) is 2.15. The molecule has 4 nitrogen and oxygen atoms in total. The van der Waals surface area contributed by atoms with Crippen LogP contribution in [0.15, 0.2) is 40.2 Å². The van der Waals surface area contributed by atoms with Gasteiger partial charge in [0.25, 0.3) is 0 Å². The van der Waals surface area contributed by atoms with Crippen LogP contribution in [0.2, 0.25) is 0 Å². The average molecular weight is 278 g/mol. The summed E-state index contributed by atoms with van der Waals surface area (Å²) in [4.78, 5) is 10.5. The fraction of sp³-hybridized carbons (Fsp3) is 0.0833. The molecular formula is C12H10N2O2S2. The summed E-state index contributed by atoms with van der Waals surface area (Å²) in [6.45, 7) is 0. The van der Waals surface area contributed by atoms with E-state index in [0.29, 0.717) is 0 Å². The van der Waals surface area contributed by atoms with Crippen LogP contribution in [0.4, 0.5) is 0 Å². The lowest BCUT2D eigenvalue weighted by Crippen LogP contribution is -1.89. The highest BCUT2D eigenvalue weighted by Gasteiger charge is 2.03. The monoisotopic (exact) mass is 278 g/mol. The van der Waals surface area contributed by atoms with E-state index in [1.54, 1.807) is 23.3 Å². The number of benzene rings is 1. The van der Waals surface area contributed by atoms with Crippen LogP contribution in [0.5, 0.6) is 0 Å². The number of hydrogen-bond donors (Lipinski definition) is 1. The van der Waals surface area contributed by atoms with E-state index in [0.717, 1.165) is 27.3 Å². The molecule has 1 aromatic carbocycles. The van der Waals surface area contributed by atoms with Gasteiger partial charge in [0.2, 0.25) is 0 Å². The van der Waals surface area contributed by atoms with Gasteiger partial charge in [-0.05, 0) is 17.2 Å². The highest BCUT2D eigenvalue weighted by atomic mass is 32.2. The SMILES string of the molecule is O=C(O)/C=C/c1ccccc1CSc1nncs1. The van der Waals surface area contributed by atoms with Crippen molar-refractivity contribution < 1.29 is 9.90 Å². The van der Waals surface area contributed by atoms with Gasteiger partial charge in [0.1, 0.15) is 5.51 Å². The van der Waals surface area contributed by atoms with E-state index in [1.807, 2.05) is 24.3 Å². The minimum Gasteiger partial charge on any atom is -0.478 e. The van der Waals surface area contributed by atoms with Gasteiger partial charge in [-0.1, -0.05) is 47.4 Å². The van der Waals surface area contributed by atoms with Crippen LogP contribution >= 0.6 is 23.1 Å². The molecular weight excluding hydrogens is 268 g/mol. The molecule has 0 aliphatic heterocycles. The summed E-state index contributed by atoms with van der Waals surface area (Å²) in [6.07, 6.45) is 2.76. The molecule has 0 aliphatic rings. The molecule has 1 N–H and O–H groups in total. The molecule has 0 aliphatic carbocycles. The molecule has 0 unspecified atom stereocenters. The molecule has 2 rings (SSSR count). The second-order valence-corrected chi connectivity index (χ2v) is 5.42. The van der Waals surface area contributed by atoms with Crippen molar-refractivity contribution >= 4 is 35.1 Å². The fourth-order valence-corrected chi connectivity index (χ4v) is 2.86. The fourth-order valence-electron chi connectivity index (χ4n) is 1.35. The molecule has 92 valence electrons. The molecule has 0 saturated heterocycles. The number of rotatable bonds is 5. The van der Waals surface area contributed by atoms with Gasteiger partial charge in [0.15, 0.2) is 4.34 Å². The molecule has 18 heavy (non-hydrogen) atoms. The van der Waals surface area contributed by atoms with Crippen molar-refractivity contribution in [3.63, 3.8) is 0 Å². The maximum atomic E-state index is 10.5. The minimum atomic E-state index is -0.943. The van der Waals surface area contributed by atoms with Gasteiger partial charge in [-0.25, -0.2) is 4.79 Å². The number of aromatic nitrogens is 2. The maximum absolute atomic E-state index is 10.5. The number of carboxylic acids is 1. The van der Waals surface area contributed by atoms with Crippen molar-refractivity contribution in [3.05, 3.63) is 47.0 Å². The largest absolute Gasteiger partial charge is 0.478 e. The Morgan fingerprint density at radius 3 is 3.00 bits per heavy atom. The topological polar surface area (TPSA) is 63.1 Å². The third-order valence-corrected chi connectivity index (χ3v) is 4.06. The Kier molecular flexibility index (Phi) is 4.49. The molecule has 1 heterocycles. The summed E-state index contributed by atoms with van der Waals surface area (Å²) in [5.74, 6) is -0.198. The van der Waals surface area contributed by atoms with Gasteiger partial charge in [0.05, 0.1) is 0 Å². The van der Waals surface area contributed by atoms with Crippen molar-refractivity contribution in [1.82, 2.24) is 10.2 Å². The molecule has 0 atom stereocenters. The second kappa shape index (κ2) is 6.32. The van der Waals surface area contributed by atoms with Gasteiger partial charge in [-0.15, -0.1) is 10.2 Å². The van der Waals surface area contributed by atoms with Gasteiger partial charge in [-0.3, -0.25) is 0 Å². The van der Waals surface area contributed by atoms with Crippen molar-refractivity contribution in [2.75, 3.05) is 0 Å². The average Bonchev–Trinajstić information content (AvgIpc) is 2.88. The number of hydrogen-bond acceptors (Lipinski definition) is 5. The first kappa shape index (κ1) is 12.8. The highest BCUT2D eigenvalue weighted by molar-refractivity contribution is 8.00. The van der Waals surface area contributed by atoms with E-state index >= 15 is 0 Å². The molecule has 0 spiro atoms. The first-order chi connectivity index (χ1) is 8.75. The van der Waals surface area contributed by atoms with Crippen LogP contribution < -0.4 is 0 Å². The van der Waals surface area contributed by atoms with E-state index in [4.69, 9.17) is 5.11 Å². The quantitative estimate of drug-likeness (QED) is 0.673. The molecule has 0 fully saturated rings. The lowest BCUT2D eigenvalue weighted by molar-refractivity contribution is -0.131. The predicted octanol–water partition coefficient (Wildman–Crippen LogP) is 2.93. The Morgan fingerprint density at radius 2 is 2.28 bits per heavy atom. The number of thioether (sulfide) groups is 1. The Labute approximate surface area is 112 Å². The summed E-state index contributed by atoms with van der Waals surface area (Å²) in [7, 11) is 0. The van der Waals surface area contributed by atoms with Crippen LogP contribution in [0.1, 0.15) is 11.1 Å². The minimum absolute atomic E-state index is 0.745. The first-order valence-electron chi connectivity index (χ1n) is 5.13. The van der Waals surface area contributed by atoms with Crippen molar-refractivity contribution in [3.8, 4) is 0 Å². The zero-order valence-electron chi connectivity index (χ0n) is 9.31. The second-order valence-electron chi connectivity index (χ2n) is 3.36. The Hall–Kier alpha value is -1.66. The third kappa shape index (κ3) is 3.68. The predicted molar refractivity (Wildman–Crippen MR) is 72.6 cm³/mol. The first-order valence-corrected chi connectivity index (χ1v) is 7.00. The molecule has 0 saturated carbocycles. The van der Waals surface area contributed by atoms with Gasteiger partial charge in [0, 0.05) is 11.8 Å². The highest BCUT2D eigenvalue weighted by Crippen LogP contribution is 2.25. The van der Waals surface area contributed by atoms with Gasteiger partial charge >= 0.3 is 5.97 Å². The molecule has 0 amide bonds.